The van der Waals surface area contributed by atoms with Crippen LogP contribution in [0, 0.1) is 23.7 Å². The van der Waals surface area contributed by atoms with Gasteiger partial charge in [0.05, 0.1) is 17.1 Å². The van der Waals surface area contributed by atoms with E-state index in [0.29, 0.717) is 23.1 Å². The molecule has 0 radical (unpaired) electrons. The van der Waals surface area contributed by atoms with E-state index in [1.165, 1.54) is 13.8 Å². The average Bonchev–Trinajstić information content (AvgIpc) is 3.68. The molecule has 6 aliphatic rings. The van der Waals surface area contributed by atoms with Gasteiger partial charge in [-0.25, -0.2) is 4.79 Å². The number of carbonyl (C=O) groups is 3. The van der Waals surface area contributed by atoms with E-state index in [9.17, 15) is 19.5 Å². The molecule has 11 nitrogen and oxygen atoms in total. The summed E-state index contributed by atoms with van der Waals surface area (Å²) in [6.07, 6.45) is -4.59. The van der Waals surface area contributed by atoms with E-state index in [-0.39, 0.29) is 5.92 Å². The molecule has 4 heterocycles. The quantitative estimate of drug-likeness (QED) is 0.268. The van der Waals surface area contributed by atoms with E-state index in [2.05, 4.69) is 6.58 Å². The summed E-state index contributed by atoms with van der Waals surface area (Å²) in [5, 5.41) is 13.6. The van der Waals surface area contributed by atoms with Crippen LogP contribution >= 0.6 is 0 Å². The third-order valence-corrected chi connectivity index (χ3v) is 12.3. The van der Waals surface area contributed by atoms with Crippen LogP contribution in [-0.2, 0) is 48.7 Å². The minimum Gasteiger partial charge on any atom is -0.459 e. The second-order valence-electron chi connectivity index (χ2n) is 15.0. The van der Waals surface area contributed by atoms with Crippen LogP contribution in [0.2, 0.25) is 0 Å². The van der Waals surface area contributed by atoms with Crippen LogP contribution in [0.4, 0.5) is 0 Å². The molecule has 0 aromatic heterocycles. The lowest BCUT2D eigenvalue weighted by Gasteiger charge is -2.62. The predicted molar refractivity (Wildman–Crippen MR) is 170 cm³/mol. The van der Waals surface area contributed by atoms with Gasteiger partial charge in [0.2, 0.25) is 0 Å². The number of carbonyl (C=O) groups excluding carboxylic acids is 3. The first-order valence-corrected chi connectivity index (χ1v) is 17.0. The van der Waals surface area contributed by atoms with Crippen LogP contribution < -0.4 is 0 Å². The summed E-state index contributed by atoms with van der Waals surface area (Å²) in [6, 6.07) is 17.8. The van der Waals surface area contributed by atoms with Crippen LogP contribution in [0.5, 0.6) is 0 Å². The molecule has 2 aromatic rings. The summed E-state index contributed by atoms with van der Waals surface area (Å²) in [6.45, 7) is 14.3. The monoisotopic (exact) mass is 674 g/mol. The number of hydrogen-bond donors (Lipinski definition) is 1. The highest BCUT2D eigenvalue weighted by Gasteiger charge is 2.90. The number of esters is 3. The normalized spacial score (nSPS) is 46.8. The smallest absolute Gasteiger partial charge is 0.338 e. The van der Waals surface area contributed by atoms with E-state index >= 15 is 0 Å². The Morgan fingerprint density at radius 3 is 2.04 bits per heavy atom. The van der Waals surface area contributed by atoms with Gasteiger partial charge < -0.3 is 38.3 Å². The highest BCUT2D eigenvalue weighted by molar-refractivity contribution is 5.89. The zero-order valence-electron chi connectivity index (χ0n) is 28.4. The van der Waals surface area contributed by atoms with E-state index in [1.54, 1.807) is 37.3 Å². The van der Waals surface area contributed by atoms with Gasteiger partial charge in [0.25, 0.3) is 0 Å². The third-order valence-electron chi connectivity index (χ3n) is 12.3. The molecule has 11 heteroatoms. The fraction of sp³-hybridized carbons (Fsp3) is 0.553. The summed E-state index contributed by atoms with van der Waals surface area (Å²) in [7, 11) is 0. The summed E-state index contributed by atoms with van der Waals surface area (Å²) >= 11 is 0. The van der Waals surface area contributed by atoms with Gasteiger partial charge in [-0.3, -0.25) is 9.59 Å². The molecule has 8 rings (SSSR count). The van der Waals surface area contributed by atoms with Crippen molar-refractivity contribution in [2.45, 2.75) is 107 Å². The van der Waals surface area contributed by atoms with Crippen molar-refractivity contribution in [3.8, 4) is 0 Å². The molecular weight excluding hydrogens is 632 g/mol. The van der Waals surface area contributed by atoms with Gasteiger partial charge in [0.1, 0.15) is 35.6 Å². The largest absolute Gasteiger partial charge is 0.459 e. The third kappa shape index (κ3) is 3.93. The Morgan fingerprint density at radius 1 is 0.837 bits per heavy atom. The first-order chi connectivity index (χ1) is 23.2. The summed E-state index contributed by atoms with van der Waals surface area (Å²) in [4.78, 5) is 39.6. The second kappa shape index (κ2) is 10.5. The molecule has 6 fully saturated rings. The fourth-order valence-corrected chi connectivity index (χ4v) is 10.5. The predicted octanol–water partition coefficient (Wildman–Crippen LogP) is 4.21. The highest BCUT2D eigenvalue weighted by Crippen LogP contribution is 2.74. The number of ether oxygens (including phenoxy) is 7. The van der Waals surface area contributed by atoms with E-state index in [4.69, 9.17) is 33.2 Å². The maximum absolute atomic E-state index is 13.9. The lowest BCUT2D eigenvalue weighted by molar-refractivity contribution is -0.389. The Morgan fingerprint density at radius 2 is 1.43 bits per heavy atom. The van der Waals surface area contributed by atoms with Crippen LogP contribution in [-0.4, -0.2) is 75.9 Å². The minimum absolute atomic E-state index is 0.305. The van der Waals surface area contributed by atoms with Crippen LogP contribution in [0.25, 0.3) is 0 Å². The van der Waals surface area contributed by atoms with E-state index < -0.39 is 94.6 Å². The lowest BCUT2D eigenvalue weighted by Crippen LogP contribution is -2.80. The number of rotatable bonds is 6. The Kier molecular flexibility index (Phi) is 6.96. The van der Waals surface area contributed by atoms with Gasteiger partial charge in [-0.05, 0) is 43.9 Å². The molecule has 4 bridgehead atoms. The summed E-state index contributed by atoms with van der Waals surface area (Å²) < 4.78 is 46.1. The molecule has 1 N–H and O–H groups in total. The number of hydrogen-bond acceptors (Lipinski definition) is 11. The molecule has 260 valence electrons. The van der Waals surface area contributed by atoms with Crippen molar-refractivity contribution in [1.29, 1.82) is 0 Å². The first-order valence-electron chi connectivity index (χ1n) is 17.0. The zero-order valence-corrected chi connectivity index (χ0v) is 28.4. The molecule has 14 atom stereocenters. The Hall–Kier alpha value is -3.61. The lowest BCUT2D eigenvalue weighted by atomic mass is 9.53. The molecule has 4 aliphatic heterocycles. The van der Waals surface area contributed by atoms with Crippen molar-refractivity contribution in [3.05, 3.63) is 83.9 Å². The topological polar surface area (TPSA) is 136 Å². The van der Waals surface area contributed by atoms with Gasteiger partial charge in [-0.1, -0.05) is 69.0 Å². The van der Waals surface area contributed by atoms with Crippen LogP contribution in [0.1, 0.15) is 63.9 Å². The molecule has 1 unspecified atom stereocenters. The molecule has 1 spiro atoms. The molecule has 2 saturated carbocycles. The molecule has 2 aromatic carbocycles. The molecular formula is C38H42O11. The standard InChI is InChI=1S/C38H42O11/c1-19(2)36-29-21(4)35(42)26-18-20(3)28(43-22(5)39)37(26)33(45-32(41)24-14-10-8-11-15-24)34(7,48-37)30(44-23(6)40)27(35)31(36)47-38(46-29,49-36)25-16-12-9-13-17-25/h8-17,20-21,26-31,33,42H,1,18H2,2-7H3/t20-,21+,26-,27-,28-,29-,30-,31+,33+,34+,35-,36-,37+,38?/m0/s1. The molecule has 2 aliphatic carbocycles. The van der Waals surface area contributed by atoms with Gasteiger partial charge in [0.15, 0.2) is 11.7 Å². The zero-order chi connectivity index (χ0) is 34.9. The number of fused-ring (bicyclic) bond motifs is 5. The Balaban J connectivity index is 1.35. The Bertz CT molecular complexity index is 1730. The van der Waals surface area contributed by atoms with Crippen molar-refractivity contribution in [2.24, 2.45) is 23.7 Å². The van der Waals surface area contributed by atoms with Crippen molar-refractivity contribution in [2.75, 3.05) is 0 Å². The molecule has 0 amide bonds. The van der Waals surface area contributed by atoms with Gasteiger partial charge >= 0.3 is 23.9 Å². The molecule has 49 heavy (non-hydrogen) atoms. The van der Waals surface area contributed by atoms with Crippen molar-refractivity contribution >= 4 is 17.9 Å². The number of aliphatic hydroxyl groups is 1. The fourth-order valence-electron chi connectivity index (χ4n) is 10.5. The number of benzene rings is 2. The first kappa shape index (κ1) is 32.6. The Labute approximate surface area is 284 Å². The molecule has 4 saturated heterocycles. The van der Waals surface area contributed by atoms with Crippen molar-refractivity contribution in [1.82, 2.24) is 0 Å². The van der Waals surface area contributed by atoms with Crippen molar-refractivity contribution < 1.29 is 52.6 Å². The van der Waals surface area contributed by atoms with Crippen LogP contribution in [0.15, 0.2) is 72.8 Å². The maximum Gasteiger partial charge on any atom is 0.338 e. The highest BCUT2D eigenvalue weighted by atomic mass is 16.9. The van der Waals surface area contributed by atoms with Gasteiger partial charge in [-0.2, -0.15) is 0 Å². The van der Waals surface area contributed by atoms with E-state index in [0.717, 1.165) is 0 Å². The maximum atomic E-state index is 13.9. The van der Waals surface area contributed by atoms with Gasteiger partial charge in [-0.15, -0.1) is 0 Å². The van der Waals surface area contributed by atoms with Crippen molar-refractivity contribution in [3.63, 3.8) is 0 Å². The summed E-state index contributed by atoms with van der Waals surface area (Å²) in [5.41, 5.74) is -4.44. The van der Waals surface area contributed by atoms with Crippen LogP contribution in [0.3, 0.4) is 0 Å². The average molecular weight is 675 g/mol. The van der Waals surface area contributed by atoms with E-state index in [1.807, 2.05) is 51.1 Å². The SMILES string of the molecule is C=C(C)[C@@]12OC3(c4ccccc4)O[C@@H]1[C@@H]1[C@H](OC(C)=O)[C@@]4(C)O[C@@]5([C@@H]4OC(=O)c4ccccc4)[C@@H](OC(C)=O)[C@@H](C)C[C@H]5[C@@]1(O)[C@H](C)[C@@H]2O3. The second-order valence-corrected chi connectivity index (χ2v) is 15.0. The van der Waals surface area contributed by atoms with Gasteiger partial charge in [0, 0.05) is 31.2 Å². The minimum atomic E-state index is -1.74. The summed E-state index contributed by atoms with van der Waals surface area (Å²) in [5.74, 6) is -6.20.